The van der Waals surface area contributed by atoms with Crippen LogP contribution < -0.4 is 15.6 Å². The number of carbonyl (C=O) groups excluding carboxylic acids is 2. The summed E-state index contributed by atoms with van der Waals surface area (Å²) in [6.45, 7) is 2.49. The molecule has 130 valence electrons. The summed E-state index contributed by atoms with van der Waals surface area (Å²) in [5.41, 5.74) is 4.20. The second kappa shape index (κ2) is 8.44. The smallest absolute Gasteiger partial charge is 0.282 e. The number of para-hydroxylation sites is 1. The predicted octanol–water partition coefficient (Wildman–Crippen LogP) is 2.46. The SMILES string of the molecule is CCCOc1cccc(C(=O)NNC(=O)c2ccccc2[N+](=O)[O-])c1. The van der Waals surface area contributed by atoms with Crippen molar-refractivity contribution in [3.05, 3.63) is 69.8 Å². The maximum absolute atomic E-state index is 12.1. The molecule has 0 radical (unpaired) electrons. The first kappa shape index (κ1) is 17.9. The highest BCUT2D eigenvalue weighted by Crippen LogP contribution is 2.17. The van der Waals surface area contributed by atoms with Crippen molar-refractivity contribution in [2.45, 2.75) is 13.3 Å². The fourth-order valence-electron chi connectivity index (χ4n) is 2.02. The Labute approximate surface area is 143 Å². The highest BCUT2D eigenvalue weighted by molar-refractivity contribution is 6.01. The lowest BCUT2D eigenvalue weighted by Gasteiger charge is -2.09. The van der Waals surface area contributed by atoms with Gasteiger partial charge in [-0.15, -0.1) is 0 Å². The van der Waals surface area contributed by atoms with Gasteiger partial charge in [-0.25, -0.2) is 0 Å². The normalized spacial score (nSPS) is 9.96. The molecule has 0 saturated heterocycles. The van der Waals surface area contributed by atoms with E-state index in [1.54, 1.807) is 24.3 Å². The van der Waals surface area contributed by atoms with Crippen LogP contribution in [0.25, 0.3) is 0 Å². The van der Waals surface area contributed by atoms with Gasteiger partial charge in [0, 0.05) is 11.6 Å². The number of nitrogens with one attached hydrogen (secondary N) is 2. The Morgan fingerprint density at radius 3 is 2.52 bits per heavy atom. The number of nitro groups is 1. The minimum absolute atomic E-state index is 0.146. The molecular formula is C17H17N3O5. The van der Waals surface area contributed by atoms with Crippen LogP contribution in [-0.2, 0) is 0 Å². The summed E-state index contributed by atoms with van der Waals surface area (Å²) >= 11 is 0. The Hall–Kier alpha value is -3.42. The third-order valence-corrected chi connectivity index (χ3v) is 3.20. The molecule has 0 saturated carbocycles. The summed E-state index contributed by atoms with van der Waals surface area (Å²) in [4.78, 5) is 34.4. The highest BCUT2D eigenvalue weighted by atomic mass is 16.6. The van der Waals surface area contributed by atoms with Gasteiger partial charge in [0.25, 0.3) is 17.5 Å². The van der Waals surface area contributed by atoms with E-state index in [4.69, 9.17) is 4.74 Å². The standard InChI is InChI=1S/C17H17N3O5/c1-2-10-25-13-7-5-6-12(11-13)16(21)18-19-17(22)14-8-3-4-9-15(14)20(23)24/h3-9,11H,2,10H2,1H3,(H,18,21)(H,19,22). The van der Waals surface area contributed by atoms with Crippen molar-refractivity contribution < 1.29 is 19.2 Å². The van der Waals surface area contributed by atoms with Gasteiger partial charge in [-0.2, -0.15) is 0 Å². The Morgan fingerprint density at radius 1 is 1.08 bits per heavy atom. The number of hydrogen-bond donors (Lipinski definition) is 2. The molecule has 0 heterocycles. The van der Waals surface area contributed by atoms with Crippen LogP contribution >= 0.6 is 0 Å². The molecule has 0 atom stereocenters. The zero-order chi connectivity index (χ0) is 18.2. The molecule has 8 heteroatoms. The topological polar surface area (TPSA) is 111 Å². The van der Waals surface area contributed by atoms with Crippen LogP contribution in [0.5, 0.6) is 5.75 Å². The van der Waals surface area contributed by atoms with Crippen LogP contribution in [0.2, 0.25) is 0 Å². The minimum Gasteiger partial charge on any atom is -0.494 e. The van der Waals surface area contributed by atoms with Crippen molar-refractivity contribution >= 4 is 17.5 Å². The Bertz CT molecular complexity index is 791. The van der Waals surface area contributed by atoms with Crippen LogP contribution in [0, 0.1) is 10.1 Å². The first-order valence-corrected chi connectivity index (χ1v) is 7.60. The monoisotopic (exact) mass is 343 g/mol. The molecule has 0 aliphatic heterocycles. The van der Waals surface area contributed by atoms with Gasteiger partial charge in [0.2, 0.25) is 0 Å². The fraction of sp³-hybridized carbons (Fsp3) is 0.176. The second-order valence-corrected chi connectivity index (χ2v) is 5.06. The lowest BCUT2D eigenvalue weighted by molar-refractivity contribution is -0.385. The van der Waals surface area contributed by atoms with Gasteiger partial charge in [-0.3, -0.25) is 30.6 Å². The zero-order valence-electron chi connectivity index (χ0n) is 13.5. The van der Waals surface area contributed by atoms with Gasteiger partial charge in [-0.05, 0) is 30.7 Å². The van der Waals surface area contributed by atoms with Crippen molar-refractivity contribution in [3.63, 3.8) is 0 Å². The average Bonchev–Trinajstić information content (AvgIpc) is 2.64. The van der Waals surface area contributed by atoms with Gasteiger partial charge in [0.05, 0.1) is 11.5 Å². The van der Waals surface area contributed by atoms with E-state index in [2.05, 4.69) is 10.9 Å². The first-order valence-electron chi connectivity index (χ1n) is 7.60. The first-order chi connectivity index (χ1) is 12.0. The van der Waals surface area contributed by atoms with E-state index < -0.39 is 16.7 Å². The number of benzene rings is 2. The van der Waals surface area contributed by atoms with E-state index in [1.807, 2.05) is 6.92 Å². The summed E-state index contributed by atoms with van der Waals surface area (Å²) in [7, 11) is 0. The van der Waals surface area contributed by atoms with Crippen LogP contribution in [0.4, 0.5) is 5.69 Å². The Morgan fingerprint density at radius 2 is 1.80 bits per heavy atom. The number of hydrogen-bond acceptors (Lipinski definition) is 5. The largest absolute Gasteiger partial charge is 0.494 e. The number of nitro benzene ring substituents is 1. The number of hydrazine groups is 1. The molecule has 8 nitrogen and oxygen atoms in total. The van der Waals surface area contributed by atoms with Crippen LogP contribution in [0.1, 0.15) is 34.1 Å². The molecule has 2 N–H and O–H groups in total. The van der Waals surface area contributed by atoms with E-state index >= 15 is 0 Å². The van der Waals surface area contributed by atoms with Crippen LogP contribution in [0.3, 0.4) is 0 Å². The number of nitrogens with zero attached hydrogens (tertiary/aromatic N) is 1. The molecular weight excluding hydrogens is 326 g/mol. The number of rotatable bonds is 6. The summed E-state index contributed by atoms with van der Waals surface area (Å²) in [6, 6.07) is 12.0. The summed E-state index contributed by atoms with van der Waals surface area (Å²) in [6.07, 6.45) is 0.836. The molecule has 2 amide bonds. The fourth-order valence-corrected chi connectivity index (χ4v) is 2.02. The van der Waals surface area contributed by atoms with Crippen molar-refractivity contribution in [1.29, 1.82) is 0 Å². The lowest BCUT2D eigenvalue weighted by atomic mass is 10.2. The zero-order valence-corrected chi connectivity index (χ0v) is 13.5. The van der Waals surface area contributed by atoms with Crippen LogP contribution in [0.15, 0.2) is 48.5 Å². The Kier molecular flexibility index (Phi) is 6.05. The van der Waals surface area contributed by atoms with Gasteiger partial charge in [-0.1, -0.05) is 25.1 Å². The Balaban J connectivity index is 2.03. The van der Waals surface area contributed by atoms with E-state index in [-0.39, 0.29) is 16.8 Å². The van der Waals surface area contributed by atoms with Gasteiger partial charge in [0.15, 0.2) is 0 Å². The van der Waals surface area contributed by atoms with Gasteiger partial charge < -0.3 is 4.74 Å². The van der Waals surface area contributed by atoms with E-state index in [9.17, 15) is 19.7 Å². The number of amides is 2. The molecule has 0 unspecified atom stereocenters. The lowest BCUT2D eigenvalue weighted by Crippen LogP contribution is -2.41. The number of carbonyl (C=O) groups is 2. The maximum Gasteiger partial charge on any atom is 0.282 e. The summed E-state index contributed by atoms with van der Waals surface area (Å²) in [5, 5.41) is 10.9. The van der Waals surface area contributed by atoms with Crippen LogP contribution in [-0.4, -0.2) is 23.3 Å². The minimum atomic E-state index is -0.779. The molecule has 0 bridgehead atoms. The average molecular weight is 343 g/mol. The molecule has 0 aromatic heterocycles. The molecule has 2 rings (SSSR count). The summed E-state index contributed by atoms with van der Waals surface area (Å²) < 4.78 is 5.44. The van der Waals surface area contributed by atoms with Crippen molar-refractivity contribution in [2.24, 2.45) is 0 Å². The van der Waals surface area contributed by atoms with E-state index in [0.717, 1.165) is 6.42 Å². The quantitative estimate of drug-likeness (QED) is 0.618. The third kappa shape index (κ3) is 4.77. The predicted molar refractivity (Wildman–Crippen MR) is 90.3 cm³/mol. The molecule has 0 fully saturated rings. The van der Waals surface area contributed by atoms with Crippen molar-refractivity contribution in [1.82, 2.24) is 10.9 Å². The second-order valence-electron chi connectivity index (χ2n) is 5.06. The molecule has 2 aromatic rings. The molecule has 0 aliphatic rings. The van der Waals surface area contributed by atoms with Gasteiger partial charge in [0.1, 0.15) is 11.3 Å². The number of ether oxygens (including phenoxy) is 1. The molecule has 2 aromatic carbocycles. The van der Waals surface area contributed by atoms with Gasteiger partial charge >= 0.3 is 0 Å². The maximum atomic E-state index is 12.1. The van der Waals surface area contributed by atoms with Crippen molar-refractivity contribution in [3.8, 4) is 5.75 Å². The molecule has 25 heavy (non-hydrogen) atoms. The molecule has 0 aliphatic carbocycles. The highest BCUT2D eigenvalue weighted by Gasteiger charge is 2.19. The molecule has 0 spiro atoms. The third-order valence-electron chi connectivity index (χ3n) is 3.20. The summed E-state index contributed by atoms with van der Waals surface area (Å²) in [5.74, 6) is -0.799. The van der Waals surface area contributed by atoms with E-state index in [0.29, 0.717) is 12.4 Å². The van der Waals surface area contributed by atoms with Crippen molar-refractivity contribution in [2.75, 3.05) is 6.61 Å². The van der Waals surface area contributed by atoms with E-state index in [1.165, 1.54) is 24.3 Å².